The summed E-state index contributed by atoms with van der Waals surface area (Å²) in [7, 11) is 0. The normalized spacial score (nSPS) is 11.7. The van der Waals surface area contributed by atoms with Crippen LogP contribution in [0.25, 0.3) is 11.3 Å². The van der Waals surface area contributed by atoms with Crippen molar-refractivity contribution in [3.8, 4) is 11.3 Å². The first kappa shape index (κ1) is 15.9. The summed E-state index contributed by atoms with van der Waals surface area (Å²) >= 11 is 3.32. The van der Waals surface area contributed by atoms with Gasteiger partial charge in [0.1, 0.15) is 10.4 Å². The van der Waals surface area contributed by atoms with Gasteiger partial charge in [0.25, 0.3) is 0 Å². The maximum atomic E-state index is 12.7. The van der Waals surface area contributed by atoms with Crippen molar-refractivity contribution in [3.63, 3.8) is 0 Å². The number of halogens is 4. The molecule has 0 N–H and O–H groups in total. The number of benzene rings is 1. The van der Waals surface area contributed by atoms with Gasteiger partial charge in [0.2, 0.25) is 0 Å². The minimum atomic E-state index is -4.33. The van der Waals surface area contributed by atoms with Crippen LogP contribution < -0.4 is 0 Å². The molecule has 0 aliphatic carbocycles. The molecule has 0 spiro atoms. The molecule has 0 saturated heterocycles. The fraction of sp³-hybridized carbons (Fsp3) is 0.333. The lowest BCUT2D eigenvalue weighted by Crippen LogP contribution is -2.05. The standard InChI is InChI=1S/C15H14BrF3N2/c1-3-4-14-20-12(8-13(16)21-14)11-6-5-10(7-9(11)2)15(17,18)19/h5-8H,3-4H2,1-2H3. The monoisotopic (exact) mass is 358 g/mol. The molecule has 2 nitrogen and oxygen atoms in total. The van der Waals surface area contributed by atoms with Crippen LogP contribution in [0.3, 0.4) is 0 Å². The summed E-state index contributed by atoms with van der Waals surface area (Å²) in [5.74, 6) is 0.682. The number of alkyl halides is 3. The summed E-state index contributed by atoms with van der Waals surface area (Å²) in [5.41, 5.74) is 1.21. The van der Waals surface area contributed by atoms with Crippen molar-refractivity contribution in [2.24, 2.45) is 0 Å². The maximum absolute atomic E-state index is 12.7. The number of rotatable bonds is 3. The van der Waals surface area contributed by atoms with E-state index >= 15 is 0 Å². The maximum Gasteiger partial charge on any atom is 0.416 e. The second kappa shape index (κ2) is 6.13. The number of hydrogen-bond acceptors (Lipinski definition) is 2. The Hall–Kier alpha value is -1.43. The Morgan fingerprint density at radius 2 is 1.86 bits per heavy atom. The predicted octanol–water partition coefficient (Wildman–Crippen LogP) is 5.19. The van der Waals surface area contributed by atoms with Crippen molar-refractivity contribution in [3.05, 3.63) is 45.8 Å². The van der Waals surface area contributed by atoms with Crippen LogP contribution in [-0.4, -0.2) is 9.97 Å². The summed E-state index contributed by atoms with van der Waals surface area (Å²) in [6, 6.07) is 5.40. The first-order valence-electron chi connectivity index (χ1n) is 6.53. The van der Waals surface area contributed by atoms with E-state index in [1.165, 1.54) is 6.07 Å². The van der Waals surface area contributed by atoms with Gasteiger partial charge in [-0.25, -0.2) is 9.97 Å². The lowest BCUT2D eigenvalue weighted by Gasteiger charge is -2.11. The predicted molar refractivity (Wildman–Crippen MR) is 78.9 cm³/mol. The third-order valence-corrected chi connectivity index (χ3v) is 3.45. The van der Waals surface area contributed by atoms with Gasteiger partial charge in [-0.1, -0.05) is 13.0 Å². The van der Waals surface area contributed by atoms with Crippen molar-refractivity contribution >= 4 is 15.9 Å². The Kier molecular flexibility index (Phi) is 4.66. The van der Waals surface area contributed by atoms with Crippen molar-refractivity contribution in [1.29, 1.82) is 0 Å². The van der Waals surface area contributed by atoms with Gasteiger partial charge in [0.05, 0.1) is 11.3 Å². The molecule has 0 aliphatic rings. The molecule has 0 bridgehead atoms. The highest BCUT2D eigenvalue weighted by molar-refractivity contribution is 9.10. The molecule has 1 aromatic heterocycles. The lowest BCUT2D eigenvalue weighted by molar-refractivity contribution is -0.137. The third kappa shape index (κ3) is 3.81. The molecule has 0 amide bonds. The molecule has 1 aromatic carbocycles. The van der Waals surface area contributed by atoms with Crippen LogP contribution in [0.5, 0.6) is 0 Å². The van der Waals surface area contributed by atoms with Crippen molar-refractivity contribution in [1.82, 2.24) is 9.97 Å². The average Bonchev–Trinajstić information content (AvgIpc) is 2.37. The van der Waals surface area contributed by atoms with Crippen LogP contribution in [0.4, 0.5) is 13.2 Å². The first-order valence-corrected chi connectivity index (χ1v) is 7.32. The third-order valence-electron chi connectivity index (χ3n) is 3.04. The van der Waals surface area contributed by atoms with E-state index in [1.54, 1.807) is 13.0 Å². The van der Waals surface area contributed by atoms with Crippen LogP contribution in [0.1, 0.15) is 30.3 Å². The molecule has 0 fully saturated rings. The highest BCUT2D eigenvalue weighted by Gasteiger charge is 2.30. The van der Waals surface area contributed by atoms with Gasteiger partial charge in [0, 0.05) is 12.0 Å². The summed E-state index contributed by atoms with van der Waals surface area (Å²) < 4.78 is 38.7. The fourth-order valence-electron chi connectivity index (χ4n) is 2.07. The van der Waals surface area contributed by atoms with Gasteiger partial charge in [-0.05, 0) is 53.0 Å². The molecule has 0 radical (unpaired) electrons. The number of hydrogen-bond donors (Lipinski definition) is 0. The van der Waals surface area contributed by atoms with E-state index < -0.39 is 11.7 Å². The van der Waals surface area contributed by atoms with E-state index in [1.807, 2.05) is 6.92 Å². The summed E-state index contributed by atoms with van der Waals surface area (Å²) in [6.07, 6.45) is -2.70. The second-order valence-electron chi connectivity index (χ2n) is 4.77. The Morgan fingerprint density at radius 1 is 1.14 bits per heavy atom. The molecule has 2 rings (SSSR count). The zero-order valence-electron chi connectivity index (χ0n) is 11.6. The van der Waals surface area contributed by atoms with E-state index in [0.717, 1.165) is 25.0 Å². The molecule has 21 heavy (non-hydrogen) atoms. The largest absolute Gasteiger partial charge is 0.416 e. The zero-order valence-corrected chi connectivity index (χ0v) is 13.2. The van der Waals surface area contributed by atoms with E-state index in [-0.39, 0.29) is 0 Å². The number of aryl methyl sites for hydroxylation is 2. The summed E-state index contributed by atoms with van der Waals surface area (Å²) in [4.78, 5) is 8.69. The van der Waals surface area contributed by atoms with Gasteiger partial charge >= 0.3 is 6.18 Å². The molecule has 0 unspecified atom stereocenters. The summed E-state index contributed by atoms with van der Waals surface area (Å²) in [5, 5.41) is 0. The molecular weight excluding hydrogens is 345 g/mol. The van der Waals surface area contributed by atoms with Gasteiger partial charge in [-0.2, -0.15) is 13.2 Å². The minimum Gasteiger partial charge on any atom is -0.233 e. The smallest absolute Gasteiger partial charge is 0.233 e. The van der Waals surface area contributed by atoms with Crippen LogP contribution in [-0.2, 0) is 12.6 Å². The van der Waals surface area contributed by atoms with Gasteiger partial charge in [-0.15, -0.1) is 0 Å². The Balaban J connectivity index is 2.47. The van der Waals surface area contributed by atoms with Gasteiger partial charge in [-0.3, -0.25) is 0 Å². The Morgan fingerprint density at radius 3 is 2.43 bits per heavy atom. The molecule has 0 saturated carbocycles. The Labute approximate surface area is 129 Å². The molecule has 0 atom stereocenters. The van der Waals surface area contributed by atoms with Crippen LogP contribution in [0, 0.1) is 6.92 Å². The highest BCUT2D eigenvalue weighted by atomic mass is 79.9. The van der Waals surface area contributed by atoms with E-state index in [4.69, 9.17) is 0 Å². The average molecular weight is 359 g/mol. The van der Waals surface area contributed by atoms with Crippen molar-refractivity contribution in [2.75, 3.05) is 0 Å². The van der Waals surface area contributed by atoms with Crippen molar-refractivity contribution in [2.45, 2.75) is 32.9 Å². The fourth-order valence-corrected chi connectivity index (χ4v) is 2.49. The molecular formula is C15H14BrF3N2. The molecule has 1 heterocycles. The van der Waals surface area contributed by atoms with Crippen LogP contribution >= 0.6 is 15.9 Å². The topological polar surface area (TPSA) is 25.8 Å². The second-order valence-corrected chi connectivity index (χ2v) is 5.58. The molecule has 112 valence electrons. The van der Waals surface area contributed by atoms with Crippen molar-refractivity contribution < 1.29 is 13.2 Å². The van der Waals surface area contributed by atoms with Gasteiger partial charge in [0.15, 0.2) is 0 Å². The van der Waals surface area contributed by atoms with Crippen LogP contribution in [0.15, 0.2) is 28.9 Å². The zero-order chi connectivity index (χ0) is 15.6. The van der Waals surface area contributed by atoms with E-state index in [0.29, 0.717) is 27.2 Å². The lowest BCUT2D eigenvalue weighted by atomic mass is 10.0. The number of aromatic nitrogens is 2. The number of nitrogens with zero attached hydrogens (tertiary/aromatic N) is 2. The van der Waals surface area contributed by atoms with Crippen LogP contribution in [0.2, 0.25) is 0 Å². The van der Waals surface area contributed by atoms with Gasteiger partial charge < -0.3 is 0 Å². The SMILES string of the molecule is CCCc1nc(Br)cc(-c2ccc(C(F)(F)F)cc2C)n1. The highest BCUT2D eigenvalue weighted by Crippen LogP contribution is 2.33. The molecule has 2 aromatic rings. The quantitative estimate of drug-likeness (QED) is 0.706. The first-order chi connectivity index (χ1) is 9.81. The van der Waals surface area contributed by atoms with E-state index in [9.17, 15) is 13.2 Å². The molecule has 6 heteroatoms. The minimum absolute atomic E-state index is 0.540. The summed E-state index contributed by atoms with van der Waals surface area (Å²) in [6.45, 7) is 3.67. The van der Waals surface area contributed by atoms with E-state index in [2.05, 4.69) is 25.9 Å². The molecule has 0 aliphatic heterocycles. The Bertz CT molecular complexity index is 654.